The number of aliphatic hydroxyl groups excluding tert-OH is 1. The van der Waals surface area contributed by atoms with E-state index in [1.54, 1.807) is 6.20 Å². The molecule has 0 saturated carbocycles. The van der Waals surface area contributed by atoms with Crippen molar-refractivity contribution in [3.05, 3.63) is 18.2 Å². The first-order valence-corrected chi connectivity index (χ1v) is 3.53. The molecule has 0 bridgehead atoms. The minimum absolute atomic E-state index is 0.271. The number of aromatic amines is 1. The minimum Gasteiger partial charge on any atom is -0.394 e. The van der Waals surface area contributed by atoms with Gasteiger partial charge in [0.05, 0.1) is 12.9 Å². The van der Waals surface area contributed by atoms with E-state index in [2.05, 4.69) is 9.97 Å². The standard InChI is InChI=1S/C7H11N3O2/c8-7(3-11,4-12)1-6-2-9-5-10-6/h2-3,5,12H,1,4,8H2,(H,9,10). The minimum atomic E-state index is -1.19. The Balaban J connectivity index is 2.66. The maximum absolute atomic E-state index is 10.5. The fraction of sp³-hybridized carbons (Fsp3) is 0.429. The van der Waals surface area contributed by atoms with Gasteiger partial charge in [-0.1, -0.05) is 0 Å². The summed E-state index contributed by atoms with van der Waals surface area (Å²) < 4.78 is 0. The van der Waals surface area contributed by atoms with Gasteiger partial charge in [0.25, 0.3) is 0 Å². The summed E-state index contributed by atoms with van der Waals surface area (Å²) in [6, 6.07) is 0. The molecule has 0 aliphatic carbocycles. The highest BCUT2D eigenvalue weighted by Gasteiger charge is 2.24. The summed E-state index contributed by atoms with van der Waals surface area (Å²) in [5.74, 6) is 0. The van der Waals surface area contributed by atoms with Crippen LogP contribution in [0.25, 0.3) is 0 Å². The van der Waals surface area contributed by atoms with E-state index < -0.39 is 5.54 Å². The van der Waals surface area contributed by atoms with Crippen molar-refractivity contribution < 1.29 is 9.90 Å². The lowest BCUT2D eigenvalue weighted by Gasteiger charge is -2.18. The van der Waals surface area contributed by atoms with Gasteiger partial charge in [-0.15, -0.1) is 0 Å². The van der Waals surface area contributed by atoms with Crippen LogP contribution < -0.4 is 5.73 Å². The Kier molecular flexibility index (Phi) is 2.57. The molecule has 0 aliphatic heterocycles. The van der Waals surface area contributed by atoms with E-state index in [0.29, 0.717) is 6.29 Å². The van der Waals surface area contributed by atoms with Gasteiger partial charge in [-0.25, -0.2) is 4.98 Å². The van der Waals surface area contributed by atoms with Crippen LogP contribution in [0.15, 0.2) is 12.5 Å². The summed E-state index contributed by atoms with van der Waals surface area (Å²) in [4.78, 5) is 17.0. The fourth-order valence-corrected chi connectivity index (χ4v) is 0.871. The van der Waals surface area contributed by atoms with Gasteiger partial charge < -0.3 is 20.6 Å². The monoisotopic (exact) mass is 169 g/mol. The molecule has 0 fully saturated rings. The van der Waals surface area contributed by atoms with Gasteiger partial charge in [0.2, 0.25) is 0 Å². The number of rotatable bonds is 4. The van der Waals surface area contributed by atoms with Gasteiger partial charge in [0, 0.05) is 18.3 Å². The van der Waals surface area contributed by atoms with Crippen LogP contribution in [0, 0.1) is 0 Å². The smallest absolute Gasteiger partial charge is 0.142 e. The Labute approximate surface area is 69.6 Å². The fourth-order valence-electron chi connectivity index (χ4n) is 0.871. The summed E-state index contributed by atoms with van der Waals surface area (Å²) in [5.41, 5.74) is 5.07. The third-order valence-corrected chi connectivity index (χ3v) is 1.60. The zero-order valence-electron chi connectivity index (χ0n) is 6.53. The van der Waals surface area contributed by atoms with Crippen molar-refractivity contribution >= 4 is 6.29 Å². The molecule has 4 N–H and O–H groups in total. The van der Waals surface area contributed by atoms with Crippen molar-refractivity contribution in [2.45, 2.75) is 12.0 Å². The SMILES string of the molecule is NC(C=O)(CO)Cc1cnc[nH]1. The number of carbonyl (C=O) groups excluding carboxylic acids is 1. The largest absolute Gasteiger partial charge is 0.394 e. The Hall–Kier alpha value is -1.20. The average Bonchev–Trinajstić information content (AvgIpc) is 2.57. The van der Waals surface area contributed by atoms with E-state index in [-0.39, 0.29) is 13.0 Å². The number of nitrogens with zero attached hydrogens (tertiary/aromatic N) is 1. The molecule has 0 spiro atoms. The van der Waals surface area contributed by atoms with Crippen molar-refractivity contribution in [3.63, 3.8) is 0 Å². The van der Waals surface area contributed by atoms with Crippen LogP contribution in [0.2, 0.25) is 0 Å². The quantitative estimate of drug-likeness (QED) is 0.496. The van der Waals surface area contributed by atoms with Gasteiger partial charge in [0.15, 0.2) is 0 Å². The molecule has 0 amide bonds. The topological polar surface area (TPSA) is 92.0 Å². The van der Waals surface area contributed by atoms with Crippen molar-refractivity contribution in [2.24, 2.45) is 5.73 Å². The normalized spacial score (nSPS) is 15.5. The number of H-pyrrole nitrogens is 1. The molecule has 5 nitrogen and oxygen atoms in total. The van der Waals surface area contributed by atoms with Gasteiger partial charge in [-0.05, 0) is 0 Å². The Morgan fingerprint density at radius 2 is 2.58 bits per heavy atom. The molecule has 0 aromatic carbocycles. The molecule has 1 atom stereocenters. The Bertz CT molecular complexity index is 247. The van der Waals surface area contributed by atoms with Gasteiger partial charge in [-0.3, -0.25) is 0 Å². The van der Waals surface area contributed by atoms with Crippen molar-refractivity contribution in [1.82, 2.24) is 9.97 Å². The number of nitrogens with one attached hydrogen (secondary N) is 1. The van der Waals surface area contributed by atoms with Crippen LogP contribution in [0.1, 0.15) is 5.69 Å². The lowest BCUT2D eigenvalue weighted by atomic mass is 9.98. The summed E-state index contributed by atoms with van der Waals surface area (Å²) in [5, 5.41) is 8.79. The number of aliphatic hydroxyl groups is 1. The Morgan fingerprint density at radius 1 is 1.83 bits per heavy atom. The molecule has 1 heterocycles. The van der Waals surface area contributed by atoms with E-state index in [1.165, 1.54) is 6.33 Å². The van der Waals surface area contributed by atoms with E-state index in [1.807, 2.05) is 0 Å². The van der Waals surface area contributed by atoms with Crippen molar-refractivity contribution in [3.8, 4) is 0 Å². The van der Waals surface area contributed by atoms with Gasteiger partial charge in [0.1, 0.15) is 11.8 Å². The second kappa shape index (κ2) is 3.46. The van der Waals surface area contributed by atoms with E-state index >= 15 is 0 Å². The van der Waals surface area contributed by atoms with Crippen molar-refractivity contribution in [1.29, 1.82) is 0 Å². The van der Waals surface area contributed by atoms with Crippen LogP contribution in [0.3, 0.4) is 0 Å². The second-order valence-electron chi connectivity index (χ2n) is 2.76. The average molecular weight is 169 g/mol. The van der Waals surface area contributed by atoms with Crippen molar-refractivity contribution in [2.75, 3.05) is 6.61 Å². The molecule has 12 heavy (non-hydrogen) atoms. The van der Waals surface area contributed by atoms with Crippen LogP contribution >= 0.6 is 0 Å². The highest BCUT2D eigenvalue weighted by atomic mass is 16.3. The Morgan fingerprint density at radius 3 is 3.00 bits per heavy atom. The van der Waals surface area contributed by atoms with Gasteiger partial charge in [-0.2, -0.15) is 0 Å². The van der Waals surface area contributed by atoms with E-state index in [9.17, 15) is 4.79 Å². The molecule has 1 aromatic heterocycles. The zero-order chi connectivity index (χ0) is 9.03. The number of imidazole rings is 1. The van der Waals surface area contributed by atoms with Crippen LogP contribution in [-0.4, -0.2) is 33.5 Å². The summed E-state index contributed by atoms with van der Waals surface area (Å²) in [6.07, 6.45) is 3.89. The molecule has 1 aromatic rings. The lowest BCUT2D eigenvalue weighted by Crippen LogP contribution is -2.47. The first-order chi connectivity index (χ1) is 5.70. The third kappa shape index (κ3) is 1.90. The molecule has 0 aliphatic rings. The molecule has 0 saturated heterocycles. The molecule has 1 rings (SSSR count). The lowest BCUT2D eigenvalue weighted by molar-refractivity contribution is -0.113. The number of hydrogen-bond acceptors (Lipinski definition) is 4. The maximum Gasteiger partial charge on any atom is 0.142 e. The number of nitrogens with two attached hydrogens (primary N) is 1. The summed E-state index contributed by atoms with van der Waals surface area (Å²) in [7, 11) is 0. The van der Waals surface area contributed by atoms with E-state index in [0.717, 1.165) is 5.69 Å². The number of aldehydes is 1. The van der Waals surface area contributed by atoms with Gasteiger partial charge >= 0.3 is 0 Å². The summed E-state index contributed by atoms with van der Waals surface area (Å²) in [6.45, 7) is -0.366. The molecule has 66 valence electrons. The summed E-state index contributed by atoms with van der Waals surface area (Å²) >= 11 is 0. The van der Waals surface area contributed by atoms with Crippen LogP contribution in [0.5, 0.6) is 0 Å². The first-order valence-electron chi connectivity index (χ1n) is 3.53. The predicted molar refractivity (Wildman–Crippen MR) is 42.4 cm³/mol. The number of hydrogen-bond donors (Lipinski definition) is 3. The molecular weight excluding hydrogens is 158 g/mol. The molecule has 1 unspecified atom stereocenters. The van der Waals surface area contributed by atoms with E-state index in [4.69, 9.17) is 10.8 Å². The molecular formula is C7H11N3O2. The van der Waals surface area contributed by atoms with Crippen LogP contribution in [0.4, 0.5) is 0 Å². The maximum atomic E-state index is 10.5. The number of carbonyl (C=O) groups is 1. The highest BCUT2D eigenvalue weighted by Crippen LogP contribution is 2.04. The predicted octanol–water partition coefficient (Wildman–Crippen LogP) is -1.16. The molecule has 0 radical (unpaired) electrons. The first kappa shape index (κ1) is 8.89. The molecule has 5 heteroatoms. The zero-order valence-corrected chi connectivity index (χ0v) is 6.53. The third-order valence-electron chi connectivity index (χ3n) is 1.60. The number of aromatic nitrogens is 2. The highest BCUT2D eigenvalue weighted by molar-refractivity contribution is 5.64. The second-order valence-corrected chi connectivity index (χ2v) is 2.76. The van der Waals surface area contributed by atoms with Crippen LogP contribution in [-0.2, 0) is 11.2 Å².